The van der Waals surface area contributed by atoms with Gasteiger partial charge < -0.3 is 14.6 Å². The Hall–Kier alpha value is -1.34. The molecular weight excluding hydrogens is 292 g/mol. The van der Waals surface area contributed by atoms with Gasteiger partial charge in [-0.25, -0.2) is 4.39 Å². The van der Waals surface area contributed by atoms with Gasteiger partial charge in [0.1, 0.15) is 11.6 Å². The van der Waals surface area contributed by atoms with E-state index >= 15 is 0 Å². The van der Waals surface area contributed by atoms with Gasteiger partial charge in [0, 0.05) is 12.7 Å². The van der Waals surface area contributed by atoms with Crippen LogP contribution >= 0.6 is 0 Å². The maximum absolute atomic E-state index is 13.4. The number of benzene rings is 1. The largest absolute Gasteiger partial charge is 0.467 e. The number of halogens is 4. The van der Waals surface area contributed by atoms with Crippen LogP contribution in [0, 0.1) is 5.82 Å². The van der Waals surface area contributed by atoms with Crippen molar-refractivity contribution in [2.45, 2.75) is 38.0 Å². The lowest BCUT2D eigenvalue weighted by Gasteiger charge is -2.30. The SMILES string of the molecule is COCOc1ccc(F)cc1C(C)(C)CC(O)C(F)(F)F. The summed E-state index contributed by atoms with van der Waals surface area (Å²) in [5.41, 5.74) is -0.900. The van der Waals surface area contributed by atoms with Gasteiger partial charge in [0.15, 0.2) is 12.9 Å². The zero-order valence-corrected chi connectivity index (χ0v) is 12.0. The molecule has 0 amide bonds. The second kappa shape index (κ2) is 6.62. The normalized spacial score (nSPS) is 14.1. The van der Waals surface area contributed by atoms with Crippen molar-refractivity contribution in [1.82, 2.24) is 0 Å². The van der Waals surface area contributed by atoms with Crippen molar-refractivity contribution in [3.63, 3.8) is 0 Å². The summed E-state index contributed by atoms with van der Waals surface area (Å²) in [6.45, 7) is 2.85. The zero-order chi connectivity index (χ0) is 16.3. The predicted molar refractivity (Wildman–Crippen MR) is 68.6 cm³/mol. The number of hydrogen-bond acceptors (Lipinski definition) is 3. The Labute approximate surface area is 120 Å². The molecule has 1 unspecified atom stereocenters. The molecule has 0 aliphatic heterocycles. The fraction of sp³-hybridized carbons (Fsp3) is 0.571. The Morgan fingerprint density at radius 1 is 1.24 bits per heavy atom. The molecule has 0 saturated carbocycles. The van der Waals surface area contributed by atoms with Crippen LogP contribution < -0.4 is 4.74 Å². The molecule has 1 rings (SSSR count). The molecule has 0 heterocycles. The van der Waals surface area contributed by atoms with E-state index in [-0.39, 0.29) is 18.1 Å². The first kappa shape index (κ1) is 17.7. The summed E-state index contributed by atoms with van der Waals surface area (Å²) in [6, 6.07) is 3.57. The number of alkyl halides is 3. The van der Waals surface area contributed by atoms with Crippen molar-refractivity contribution < 1.29 is 32.1 Å². The lowest BCUT2D eigenvalue weighted by Crippen LogP contribution is -2.35. The van der Waals surface area contributed by atoms with Gasteiger partial charge in [-0.15, -0.1) is 0 Å². The van der Waals surface area contributed by atoms with Gasteiger partial charge in [-0.05, 0) is 30.0 Å². The van der Waals surface area contributed by atoms with Crippen molar-refractivity contribution in [3.8, 4) is 5.75 Å². The zero-order valence-electron chi connectivity index (χ0n) is 12.0. The predicted octanol–water partition coefficient (Wildman–Crippen LogP) is 3.40. The van der Waals surface area contributed by atoms with E-state index in [0.717, 1.165) is 12.1 Å². The van der Waals surface area contributed by atoms with Gasteiger partial charge in [-0.1, -0.05) is 13.8 Å². The molecule has 1 atom stereocenters. The van der Waals surface area contributed by atoms with Crippen LogP contribution in [0.4, 0.5) is 17.6 Å². The molecule has 0 radical (unpaired) electrons. The van der Waals surface area contributed by atoms with Crippen molar-refractivity contribution in [2.24, 2.45) is 0 Å². The molecule has 0 bridgehead atoms. The fourth-order valence-corrected chi connectivity index (χ4v) is 1.99. The van der Waals surface area contributed by atoms with Crippen molar-refractivity contribution in [2.75, 3.05) is 13.9 Å². The smallest absolute Gasteiger partial charge is 0.414 e. The number of aliphatic hydroxyl groups is 1. The topological polar surface area (TPSA) is 38.7 Å². The van der Waals surface area contributed by atoms with E-state index in [1.807, 2.05) is 0 Å². The summed E-state index contributed by atoms with van der Waals surface area (Å²) in [4.78, 5) is 0. The first-order chi connectivity index (χ1) is 9.58. The van der Waals surface area contributed by atoms with E-state index < -0.39 is 29.9 Å². The average molecular weight is 310 g/mol. The highest BCUT2D eigenvalue weighted by Gasteiger charge is 2.42. The average Bonchev–Trinajstić information content (AvgIpc) is 2.35. The molecule has 0 fully saturated rings. The standard InChI is InChI=1S/C14H18F4O3/c1-13(2,7-12(19)14(16,17)18)10-6-9(15)4-5-11(10)21-8-20-3/h4-6,12,19H,7-8H2,1-3H3. The Bertz CT molecular complexity index is 472. The number of rotatable bonds is 6. The third-order valence-electron chi connectivity index (χ3n) is 3.08. The Kier molecular flexibility index (Phi) is 5.58. The van der Waals surface area contributed by atoms with E-state index in [1.165, 1.54) is 27.0 Å². The van der Waals surface area contributed by atoms with Crippen LogP contribution in [0.1, 0.15) is 25.8 Å². The second-order valence-corrected chi connectivity index (χ2v) is 5.34. The van der Waals surface area contributed by atoms with Crippen LogP contribution in [0.5, 0.6) is 5.75 Å². The number of hydrogen-bond donors (Lipinski definition) is 1. The molecule has 21 heavy (non-hydrogen) atoms. The molecular formula is C14H18F4O3. The molecule has 0 saturated heterocycles. The Morgan fingerprint density at radius 2 is 1.86 bits per heavy atom. The van der Waals surface area contributed by atoms with Crippen molar-refractivity contribution in [3.05, 3.63) is 29.6 Å². The fourth-order valence-electron chi connectivity index (χ4n) is 1.99. The van der Waals surface area contributed by atoms with Gasteiger partial charge in [-0.3, -0.25) is 0 Å². The van der Waals surface area contributed by atoms with Gasteiger partial charge in [-0.2, -0.15) is 13.2 Å². The molecule has 120 valence electrons. The first-order valence-corrected chi connectivity index (χ1v) is 6.24. The summed E-state index contributed by atoms with van der Waals surface area (Å²) in [7, 11) is 1.39. The van der Waals surface area contributed by atoms with Crippen LogP contribution in [0.3, 0.4) is 0 Å². The van der Waals surface area contributed by atoms with E-state index in [0.29, 0.717) is 0 Å². The van der Waals surface area contributed by atoms with E-state index in [4.69, 9.17) is 9.47 Å². The Morgan fingerprint density at radius 3 is 2.38 bits per heavy atom. The van der Waals surface area contributed by atoms with Gasteiger partial charge in [0.25, 0.3) is 0 Å². The quantitative estimate of drug-likeness (QED) is 0.646. The maximum Gasteiger partial charge on any atom is 0.414 e. The van der Waals surface area contributed by atoms with E-state index in [2.05, 4.69) is 0 Å². The molecule has 0 aliphatic carbocycles. The molecule has 7 heteroatoms. The molecule has 0 aliphatic rings. The lowest BCUT2D eigenvalue weighted by atomic mass is 9.79. The Balaban J connectivity index is 3.08. The minimum absolute atomic E-state index is 0.115. The van der Waals surface area contributed by atoms with Crippen molar-refractivity contribution in [1.29, 1.82) is 0 Å². The number of aliphatic hydroxyl groups excluding tert-OH is 1. The summed E-state index contributed by atoms with van der Waals surface area (Å²) in [6.07, 6.45) is -7.83. The van der Waals surface area contributed by atoms with Crippen LogP contribution in [0.2, 0.25) is 0 Å². The third kappa shape index (κ3) is 4.86. The van der Waals surface area contributed by atoms with Gasteiger partial charge in [0.05, 0.1) is 0 Å². The molecule has 0 aromatic heterocycles. The highest BCUT2D eigenvalue weighted by Crippen LogP contribution is 2.38. The number of ether oxygens (including phenoxy) is 2. The molecule has 3 nitrogen and oxygen atoms in total. The molecule has 0 spiro atoms. The van der Waals surface area contributed by atoms with Crippen LogP contribution in [-0.4, -0.2) is 31.3 Å². The van der Waals surface area contributed by atoms with Gasteiger partial charge >= 0.3 is 6.18 Å². The van der Waals surface area contributed by atoms with Crippen molar-refractivity contribution >= 4 is 0 Å². The van der Waals surface area contributed by atoms with Crippen LogP contribution in [-0.2, 0) is 10.2 Å². The van der Waals surface area contributed by atoms with Crippen LogP contribution in [0.15, 0.2) is 18.2 Å². The molecule has 1 aromatic rings. The minimum Gasteiger partial charge on any atom is -0.467 e. The first-order valence-electron chi connectivity index (χ1n) is 6.24. The summed E-state index contributed by atoms with van der Waals surface area (Å²) in [5.74, 6) is -0.373. The minimum atomic E-state index is -4.72. The van der Waals surface area contributed by atoms with Gasteiger partial charge in [0.2, 0.25) is 0 Å². The third-order valence-corrected chi connectivity index (χ3v) is 3.08. The number of methoxy groups -OCH3 is 1. The highest BCUT2D eigenvalue weighted by atomic mass is 19.4. The summed E-state index contributed by atoms with van der Waals surface area (Å²) < 4.78 is 60.9. The molecule has 1 N–H and O–H groups in total. The second-order valence-electron chi connectivity index (χ2n) is 5.34. The summed E-state index contributed by atoms with van der Waals surface area (Å²) in [5, 5.41) is 9.23. The van der Waals surface area contributed by atoms with Crippen LogP contribution in [0.25, 0.3) is 0 Å². The van der Waals surface area contributed by atoms with E-state index in [1.54, 1.807) is 0 Å². The molecule has 1 aromatic carbocycles. The summed E-state index contributed by atoms with van der Waals surface area (Å²) >= 11 is 0. The lowest BCUT2D eigenvalue weighted by molar-refractivity contribution is -0.209. The maximum atomic E-state index is 13.4. The highest BCUT2D eigenvalue weighted by molar-refractivity contribution is 5.39. The monoisotopic (exact) mass is 310 g/mol. The van der Waals surface area contributed by atoms with E-state index in [9.17, 15) is 22.7 Å².